The van der Waals surface area contributed by atoms with E-state index in [-0.39, 0.29) is 5.91 Å². The molecule has 4 rings (SSSR count). The van der Waals surface area contributed by atoms with Gasteiger partial charge in [-0.1, -0.05) is 42.5 Å². The number of hydrogen-bond donors (Lipinski definition) is 1. The zero-order chi connectivity index (χ0) is 20.9. The van der Waals surface area contributed by atoms with E-state index in [9.17, 15) is 4.79 Å². The molecule has 1 aliphatic rings. The zero-order valence-electron chi connectivity index (χ0n) is 17.3. The highest BCUT2D eigenvalue weighted by Gasteiger charge is 2.27. The van der Waals surface area contributed by atoms with Crippen LogP contribution in [-0.4, -0.2) is 25.7 Å². The lowest BCUT2D eigenvalue weighted by Crippen LogP contribution is -2.37. The van der Waals surface area contributed by atoms with Gasteiger partial charge in [-0.2, -0.15) is 0 Å². The Morgan fingerprint density at radius 2 is 1.73 bits per heavy atom. The number of carbonyl (C=O) groups is 1. The van der Waals surface area contributed by atoms with Crippen LogP contribution in [0.1, 0.15) is 24.1 Å². The van der Waals surface area contributed by atoms with Gasteiger partial charge in [0.25, 0.3) is 5.91 Å². The van der Waals surface area contributed by atoms with Gasteiger partial charge in [0, 0.05) is 24.0 Å². The lowest BCUT2D eigenvalue weighted by atomic mass is 10.0. The largest absolute Gasteiger partial charge is 0.486 e. The number of fused-ring (bicyclic) bond motifs is 1. The molecule has 0 aromatic heterocycles. The molecule has 0 spiro atoms. The third-order valence-corrected chi connectivity index (χ3v) is 5.16. The lowest BCUT2D eigenvalue weighted by Gasteiger charge is -2.32. The van der Waals surface area contributed by atoms with Crippen LogP contribution in [0.25, 0.3) is 0 Å². The maximum atomic E-state index is 13.5. The monoisotopic (exact) mass is 402 g/mol. The molecule has 30 heavy (non-hydrogen) atoms. The van der Waals surface area contributed by atoms with E-state index in [1.54, 1.807) is 0 Å². The van der Waals surface area contributed by atoms with Crippen LogP contribution in [0, 0.1) is 6.92 Å². The number of amides is 1. The molecule has 0 saturated heterocycles. The summed E-state index contributed by atoms with van der Waals surface area (Å²) in [6, 6.07) is 23.1. The summed E-state index contributed by atoms with van der Waals surface area (Å²) in [5.41, 5.74) is 3.80. The maximum Gasteiger partial charge on any atom is 0.251 e. The number of likely N-dealkylation sites (N-methyl/N-ethyl adjacent to an activating group) is 1. The Morgan fingerprint density at radius 1 is 0.967 bits per heavy atom. The van der Waals surface area contributed by atoms with Crippen LogP contribution < -0.4 is 19.7 Å². The Hall–Kier alpha value is -3.47. The van der Waals surface area contributed by atoms with E-state index in [2.05, 4.69) is 36.2 Å². The summed E-state index contributed by atoms with van der Waals surface area (Å²) in [5, 5.41) is 3.07. The highest BCUT2D eigenvalue weighted by atomic mass is 16.6. The number of nitrogens with one attached hydrogen (secondary N) is 1. The molecule has 5 nitrogen and oxygen atoms in total. The Kier molecular flexibility index (Phi) is 5.89. The second kappa shape index (κ2) is 8.91. The van der Waals surface area contributed by atoms with E-state index < -0.39 is 6.04 Å². The SMILES string of the molecule is CCN(c1cccc(C)c1)C(C(=O)Nc1ccc2c(c1)OCCO2)c1ccccc1. The van der Waals surface area contributed by atoms with Crippen molar-refractivity contribution in [1.29, 1.82) is 0 Å². The van der Waals surface area contributed by atoms with Gasteiger partial charge in [-0.3, -0.25) is 4.79 Å². The number of carbonyl (C=O) groups excluding carboxylic acids is 1. The molecule has 5 heteroatoms. The number of nitrogens with zero attached hydrogens (tertiary/aromatic N) is 1. The van der Waals surface area contributed by atoms with Gasteiger partial charge in [-0.25, -0.2) is 0 Å². The summed E-state index contributed by atoms with van der Waals surface area (Å²) in [7, 11) is 0. The first-order valence-corrected chi connectivity index (χ1v) is 10.2. The number of anilines is 2. The fraction of sp³-hybridized carbons (Fsp3) is 0.240. The van der Waals surface area contributed by atoms with Crippen molar-refractivity contribution in [3.8, 4) is 11.5 Å². The van der Waals surface area contributed by atoms with Crippen molar-refractivity contribution in [1.82, 2.24) is 0 Å². The molecule has 1 aliphatic heterocycles. The van der Waals surface area contributed by atoms with Crippen LogP contribution in [0.15, 0.2) is 72.8 Å². The topological polar surface area (TPSA) is 50.8 Å². The van der Waals surface area contributed by atoms with E-state index >= 15 is 0 Å². The first-order valence-electron chi connectivity index (χ1n) is 10.2. The van der Waals surface area contributed by atoms with E-state index in [0.717, 1.165) is 16.8 Å². The molecule has 1 heterocycles. The third kappa shape index (κ3) is 4.25. The summed E-state index contributed by atoms with van der Waals surface area (Å²) in [5.74, 6) is 1.26. The molecular formula is C25H26N2O3. The molecule has 1 amide bonds. The summed E-state index contributed by atoms with van der Waals surface area (Å²) >= 11 is 0. The Labute approximate surface area is 177 Å². The van der Waals surface area contributed by atoms with E-state index in [4.69, 9.17) is 9.47 Å². The van der Waals surface area contributed by atoms with E-state index in [1.165, 1.54) is 0 Å². The molecule has 3 aromatic rings. The van der Waals surface area contributed by atoms with Crippen molar-refractivity contribution in [2.45, 2.75) is 19.9 Å². The molecule has 0 fully saturated rings. The minimum atomic E-state index is -0.466. The third-order valence-electron chi connectivity index (χ3n) is 5.16. The predicted molar refractivity (Wildman–Crippen MR) is 119 cm³/mol. The normalized spacial score (nSPS) is 13.4. The summed E-state index contributed by atoms with van der Waals surface area (Å²) in [6.07, 6.45) is 0. The van der Waals surface area contributed by atoms with Gasteiger partial charge in [-0.05, 0) is 49.2 Å². The minimum absolute atomic E-state index is 0.0961. The molecule has 0 saturated carbocycles. The highest BCUT2D eigenvalue weighted by molar-refractivity contribution is 5.98. The molecule has 1 N–H and O–H groups in total. The fourth-order valence-corrected chi connectivity index (χ4v) is 3.76. The molecule has 0 radical (unpaired) electrons. The van der Waals surface area contributed by atoms with Gasteiger partial charge < -0.3 is 19.7 Å². The molecule has 154 valence electrons. The predicted octanol–water partition coefficient (Wildman–Crippen LogP) is 4.97. The average Bonchev–Trinajstić information content (AvgIpc) is 2.77. The van der Waals surface area contributed by atoms with E-state index in [0.29, 0.717) is 36.9 Å². The van der Waals surface area contributed by atoms with Crippen molar-refractivity contribution < 1.29 is 14.3 Å². The quantitative estimate of drug-likeness (QED) is 0.632. The molecule has 3 aromatic carbocycles. The van der Waals surface area contributed by atoms with Crippen LogP contribution in [0.5, 0.6) is 11.5 Å². The average molecular weight is 402 g/mol. The molecular weight excluding hydrogens is 376 g/mol. The standard InChI is InChI=1S/C25H26N2O3/c1-3-27(21-11-7-8-18(2)16-21)24(19-9-5-4-6-10-19)25(28)26-20-12-13-22-23(17-20)30-15-14-29-22/h4-13,16-17,24H,3,14-15H2,1-2H3,(H,26,28). The van der Waals surface area contributed by atoms with Crippen LogP contribution in [0.4, 0.5) is 11.4 Å². The molecule has 1 unspecified atom stereocenters. The zero-order valence-corrected chi connectivity index (χ0v) is 17.3. The lowest BCUT2D eigenvalue weighted by molar-refractivity contribution is -0.117. The van der Waals surface area contributed by atoms with Crippen molar-refractivity contribution in [3.05, 3.63) is 83.9 Å². The van der Waals surface area contributed by atoms with Crippen LogP contribution in [0.2, 0.25) is 0 Å². The summed E-state index contributed by atoms with van der Waals surface area (Å²) in [6.45, 7) is 5.86. The number of benzene rings is 3. The molecule has 1 atom stereocenters. The number of rotatable bonds is 6. The molecule has 0 aliphatic carbocycles. The fourth-order valence-electron chi connectivity index (χ4n) is 3.76. The van der Waals surface area contributed by atoms with Gasteiger partial charge in [-0.15, -0.1) is 0 Å². The first kappa shape index (κ1) is 19.8. The smallest absolute Gasteiger partial charge is 0.251 e. The van der Waals surface area contributed by atoms with Gasteiger partial charge >= 0.3 is 0 Å². The number of ether oxygens (including phenoxy) is 2. The van der Waals surface area contributed by atoms with Crippen LogP contribution in [0.3, 0.4) is 0 Å². The van der Waals surface area contributed by atoms with Crippen molar-refractivity contribution >= 4 is 17.3 Å². The second-order valence-corrected chi connectivity index (χ2v) is 7.29. The number of aryl methyl sites for hydroxylation is 1. The van der Waals surface area contributed by atoms with Gasteiger partial charge in [0.2, 0.25) is 0 Å². The van der Waals surface area contributed by atoms with Crippen molar-refractivity contribution in [2.75, 3.05) is 30.0 Å². The Morgan fingerprint density at radius 3 is 2.47 bits per heavy atom. The number of hydrogen-bond acceptors (Lipinski definition) is 4. The van der Waals surface area contributed by atoms with Gasteiger partial charge in [0.1, 0.15) is 19.3 Å². The Bertz CT molecular complexity index is 1020. The van der Waals surface area contributed by atoms with Crippen molar-refractivity contribution in [2.24, 2.45) is 0 Å². The summed E-state index contributed by atoms with van der Waals surface area (Å²) < 4.78 is 11.2. The van der Waals surface area contributed by atoms with Gasteiger partial charge in [0.05, 0.1) is 0 Å². The first-order chi connectivity index (χ1) is 14.7. The molecule has 0 bridgehead atoms. The Balaban J connectivity index is 1.66. The van der Waals surface area contributed by atoms with Crippen molar-refractivity contribution in [3.63, 3.8) is 0 Å². The summed E-state index contributed by atoms with van der Waals surface area (Å²) in [4.78, 5) is 15.6. The van der Waals surface area contributed by atoms with E-state index in [1.807, 2.05) is 60.7 Å². The maximum absolute atomic E-state index is 13.5. The van der Waals surface area contributed by atoms with Crippen LogP contribution in [-0.2, 0) is 4.79 Å². The second-order valence-electron chi connectivity index (χ2n) is 7.29. The highest BCUT2D eigenvalue weighted by Crippen LogP contribution is 2.34. The van der Waals surface area contributed by atoms with Crippen LogP contribution >= 0.6 is 0 Å². The van der Waals surface area contributed by atoms with Gasteiger partial charge in [0.15, 0.2) is 11.5 Å². The minimum Gasteiger partial charge on any atom is -0.486 e.